The van der Waals surface area contributed by atoms with E-state index >= 15 is 0 Å². The summed E-state index contributed by atoms with van der Waals surface area (Å²) in [5.74, 6) is -1.05. The van der Waals surface area contributed by atoms with Crippen molar-refractivity contribution in [3.63, 3.8) is 0 Å². The van der Waals surface area contributed by atoms with E-state index in [1.807, 2.05) is 13.0 Å². The molecule has 13 heavy (non-hydrogen) atoms. The van der Waals surface area contributed by atoms with Crippen molar-refractivity contribution >= 4 is 5.97 Å². The molecule has 0 saturated carbocycles. The highest BCUT2D eigenvalue weighted by Crippen LogP contribution is 2.09. The van der Waals surface area contributed by atoms with Crippen molar-refractivity contribution in [2.24, 2.45) is 5.92 Å². The number of esters is 1. The van der Waals surface area contributed by atoms with Crippen LogP contribution in [0.5, 0.6) is 0 Å². The molecule has 0 aliphatic carbocycles. The second-order valence-electron chi connectivity index (χ2n) is 2.74. The van der Waals surface area contributed by atoms with Crippen LogP contribution in [0.25, 0.3) is 0 Å². The molecule has 72 valence electrons. The third-order valence-electron chi connectivity index (χ3n) is 1.63. The van der Waals surface area contributed by atoms with Crippen LogP contribution in [0.15, 0.2) is 12.7 Å². The van der Waals surface area contributed by atoms with Crippen LogP contribution in [-0.4, -0.2) is 12.6 Å². The first-order valence-corrected chi connectivity index (χ1v) is 4.43. The van der Waals surface area contributed by atoms with Gasteiger partial charge in [-0.2, -0.15) is 5.26 Å². The van der Waals surface area contributed by atoms with Crippen molar-refractivity contribution in [2.45, 2.75) is 26.2 Å². The molecule has 0 aromatic carbocycles. The third-order valence-corrected chi connectivity index (χ3v) is 1.63. The minimum Gasteiger partial charge on any atom is -0.460 e. The van der Waals surface area contributed by atoms with Gasteiger partial charge in [0.2, 0.25) is 0 Å². The van der Waals surface area contributed by atoms with E-state index in [0.717, 1.165) is 12.8 Å². The molecular weight excluding hydrogens is 166 g/mol. The van der Waals surface area contributed by atoms with Crippen molar-refractivity contribution in [1.82, 2.24) is 0 Å². The lowest BCUT2D eigenvalue weighted by Gasteiger charge is -2.06. The van der Waals surface area contributed by atoms with Gasteiger partial charge in [0, 0.05) is 0 Å². The maximum atomic E-state index is 11.1. The average molecular weight is 181 g/mol. The number of carbonyl (C=O) groups excluding carboxylic acids is 1. The lowest BCUT2D eigenvalue weighted by atomic mass is 10.0. The topological polar surface area (TPSA) is 50.1 Å². The molecular formula is C10H15NO2. The highest BCUT2D eigenvalue weighted by atomic mass is 16.5. The van der Waals surface area contributed by atoms with E-state index in [2.05, 4.69) is 6.58 Å². The smallest absolute Gasteiger partial charge is 0.323 e. The molecule has 3 heteroatoms. The molecule has 0 amide bonds. The zero-order valence-corrected chi connectivity index (χ0v) is 7.95. The SMILES string of the molecule is C=CCOC(=O)C(C#N)CCCC. The molecule has 0 bridgehead atoms. The summed E-state index contributed by atoms with van der Waals surface area (Å²) in [6, 6.07) is 1.94. The van der Waals surface area contributed by atoms with E-state index in [1.165, 1.54) is 6.08 Å². The fourth-order valence-electron chi connectivity index (χ4n) is 0.885. The van der Waals surface area contributed by atoms with Gasteiger partial charge in [0.15, 0.2) is 0 Å². The van der Waals surface area contributed by atoms with Crippen molar-refractivity contribution in [1.29, 1.82) is 5.26 Å². The number of nitrogens with zero attached hydrogens (tertiary/aromatic N) is 1. The standard InChI is InChI=1S/C10H15NO2/c1-3-5-6-9(8-11)10(12)13-7-4-2/h4,9H,2-3,5-7H2,1H3. The van der Waals surface area contributed by atoms with Crippen molar-refractivity contribution in [3.8, 4) is 6.07 Å². The normalized spacial score (nSPS) is 11.4. The van der Waals surface area contributed by atoms with Crippen molar-refractivity contribution < 1.29 is 9.53 Å². The number of hydrogen-bond donors (Lipinski definition) is 0. The van der Waals surface area contributed by atoms with Gasteiger partial charge in [0.25, 0.3) is 0 Å². The van der Waals surface area contributed by atoms with Crippen LogP contribution in [0.1, 0.15) is 26.2 Å². The zero-order valence-electron chi connectivity index (χ0n) is 7.95. The minimum absolute atomic E-state index is 0.184. The second-order valence-corrected chi connectivity index (χ2v) is 2.74. The molecule has 1 unspecified atom stereocenters. The van der Waals surface area contributed by atoms with E-state index in [9.17, 15) is 4.79 Å². The average Bonchev–Trinajstić information content (AvgIpc) is 2.16. The van der Waals surface area contributed by atoms with Crippen LogP contribution in [0, 0.1) is 17.2 Å². The van der Waals surface area contributed by atoms with Gasteiger partial charge in [-0.05, 0) is 6.42 Å². The number of nitriles is 1. The Morgan fingerprint density at radius 3 is 2.92 bits per heavy atom. The highest BCUT2D eigenvalue weighted by molar-refractivity contribution is 5.75. The molecule has 0 aliphatic rings. The lowest BCUT2D eigenvalue weighted by Crippen LogP contribution is -2.16. The summed E-state index contributed by atoms with van der Waals surface area (Å²) in [5, 5.41) is 8.65. The maximum Gasteiger partial charge on any atom is 0.323 e. The summed E-state index contributed by atoms with van der Waals surface area (Å²) in [6.07, 6.45) is 3.93. The summed E-state index contributed by atoms with van der Waals surface area (Å²) in [7, 11) is 0. The van der Waals surface area contributed by atoms with Crippen molar-refractivity contribution in [3.05, 3.63) is 12.7 Å². The van der Waals surface area contributed by atoms with Crippen LogP contribution in [0.2, 0.25) is 0 Å². The molecule has 0 fully saturated rings. The fraction of sp³-hybridized carbons (Fsp3) is 0.600. The van der Waals surface area contributed by atoms with Gasteiger partial charge in [0.1, 0.15) is 12.5 Å². The molecule has 0 N–H and O–H groups in total. The molecule has 0 aromatic rings. The van der Waals surface area contributed by atoms with Gasteiger partial charge in [-0.3, -0.25) is 4.79 Å². The first kappa shape index (κ1) is 11.7. The second kappa shape index (κ2) is 7.35. The Bertz CT molecular complexity index is 205. The van der Waals surface area contributed by atoms with E-state index in [1.54, 1.807) is 0 Å². The summed E-state index contributed by atoms with van der Waals surface area (Å²) < 4.78 is 4.76. The summed E-state index contributed by atoms with van der Waals surface area (Å²) in [6.45, 7) is 5.62. The first-order valence-electron chi connectivity index (χ1n) is 4.43. The summed E-state index contributed by atoms with van der Waals surface area (Å²) >= 11 is 0. The van der Waals surface area contributed by atoms with Gasteiger partial charge in [-0.25, -0.2) is 0 Å². The van der Waals surface area contributed by atoms with Crippen LogP contribution >= 0.6 is 0 Å². The molecule has 0 saturated heterocycles. The molecule has 0 heterocycles. The molecule has 3 nitrogen and oxygen atoms in total. The Morgan fingerprint density at radius 1 is 1.77 bits per heavy atom. The predicted octanol–water partition coefficient (Wildman–Crippen LogP) is 2.05. The quantitative estimate of drug-likeness (QED) is 0.465. The largest absolute Gasteiger partial charge is 0.460 e. The third kappa shape index (κ3) is 5.02. The van der Waals surface area contributed by atoms with Gasteiger partial charge >= 0.3 is 5.97 Å². The van der Waals surface area contributed by atoms with Gasteiger partial charge in [-0.1, -0.05) is 32.4 Å². The summed E-state index contributed by atoms with van der Waals surface area (Å²) in [5.41, 5.74) is 0. The highest BCUT2D eigenvalue weighted by Gasteiger charge is 2.17. The van der Waals surface area contributed by atoms with Gasteiger partial charge in [-0.15, -0.1) is 0 Å². The number of carbonyl (C=O) groups is 1. The number of hydrogen-bond acceptors (Lipinski definition) is 3. The number of rotatable bonds is 6. The van der Waals surface area contributed by atoms with E-state index in [4.69, 9.17) is 10.00 Å². The molecule has 0 aliphatic heterocycles. The van der Waals surface area contributed by atoms with Crippen LogP contribution < -0.4 is 0 Å². The fourth-order valence-corrected chi connectivity index (χ4v) is 0.885. The van der Waals surface area contributed by atoms with Crippen molar-refractivity contribution in [2.75, 3.05) is 6.61 Å². The molecule has 0 spiro atoms. The maximum absolute atomic E-state index is 11.1. The van der Waals surface area contributed by atoms with Crippen LogP contribution in [0.4, 0.5) is 0 Å². The number of unbranched alkanes of at least 4 members (excludes halogenated alkanes) is 1. The summed E-state index contributed by atoms with van der Waals surface area (Å²) in [4.78, 5) is 11.1. The first-order chi connectivity index (χ1) is 6.26. The van der Waals surface area contributed by atoms with E-state index in [0.29, 0.717) is 6.42 Å². The molecule has 0 rings (SSSR count). The minimum atomic E-state index is -0.611. The van der Waals surface area contributed by atoms with E-state index in [-0.39, 0.29) is 6.61 Å². The Morgan fingerprint density at radius 2 is 2.46 bits per heavy atom. The molecule has 0 aromatic heterocycles. The monoisotopic (exact) mass is 181 g/mol. The molecule has 1 atom stereocenters. The zero-order chi connectivity index (χ0) is 10.1. The number of ether oxygens (including phenoxy) is 1. The van der Waals surface area contributed by atoms with Gasteiger partial charge in [0.05, 0.1) is 6.07 Å². The van der Waals surface area contributed by atoms with Crippen LogP contribution in [-0.2, 0) is 9.53 Å². The Balaban J connectivity index is 3.86. The Labute approximate surface area is 79.0 Å². The Kier molecular flexibility index (Phi) is 6.62. The lowest BCUT2D eigenvalue weighted by molar-refractivity contribution is -0.145. The van der Waals surface area contributed by atoms with Gasteiger partial charge < -0.3 is 4.74 Å². The molecule has 0 radical (unpaired) electrons. The van der Waals surface area contributed by atoms with Crippen LogP contribution in [0.3, 0.4) is 0 Å². The predicted molar refractivity (Wildman–Crippen MR) is 49.8 cm³/mol. The Hall–Kier alpha value is -1.30. The van der Waals surface area contributed by atoms with E-state index < -0.39 is 11.9 Å².